The smallest absolute Gasteiger partial charge is 0.318 e. The topological polar surface area (TPSA) is 97.6 Å². The largest absolute Gasteiger partial charge is 0.461 e. The van der Waals surface area contributed by atoms with Crippen molar-refractivity contribution in [3.63, 3.8) is 0 Å². The number of ether oxygens (including phenoxy) is 1. The zero-order valence-electron chi connectivity index (χ0n) is 23.3. The minimum absolute atomic E-state index is 0.0142. The number of rotatable bonds is 8. The Morgan fingerprint density at radius 2 is 2.02 bits per heavy atom. The number of benzene rings is 2. The van der Waals surface area contributed by atoms with Gasteiger partial charge in [0.05, 0.1) is 41.3 Å². The Kier molecular flexibility index (Phi) is 7.45. The van der Waals surface area contributed by atoms with Crippen molar-refractivity contribution < 1.29 is 9.53 Å². The van der Waals surface area contributed by atoms with E-state index in [0.29, 0.717) is 38.8 Å². The molecule has 0 spiro atoms. The predicted molar refractivity (Wildman–Crippen MR) is 160 cm³/mol. The number of nitrogens with zero attached hydrogens (tertiary/aromatic N) is 6. The average Bonchev–Trinajstić information content (AvgIpc) is 3.79. The van der Waals surface area contributed by atoms with Gasteiger partial charge >= 0.3 is 6.01 Å². The molecule has 9 nitrogen and oxygen atoms in total. The van der Waals surface area contributed by atoms with Gasteiger partial charge in [0.2, 0.25) is 5.91 Å². The van der Waals surface area contributed by atoms with E-state index in [-0.39, 0.29) is 23.9 Å². The second kappa shape index (κ2) is 11.2. The monoisotopic (exact) mass is 571 g/mol. The second-order valence-corrected chi connectivity index (χ2v) is 11.5. The van der Waals surface area contributed by atoms with E-state index >= 15 is 0 Å². The zero-order valence-corrected chi connectivity index (χ0v) is 24.0. The number of likely N-dealkylation sites (N-methyl/N-ethyl adjacent to an activating group) is 1. The third kappa shape index (κ3) is 5.30. The maximum absolute atomic E-state index is 12.5. The van der Waals surface area contributed by atoms with Gasteiger partial charge in [0.15, 0.2) is 0 Å². The summed E-state index contributed by atoms with van der Waals surface area (Å²) in [5.74, 6) is 0.688. The van der Waals surface area contributed by atoms with Crippen molar-refractivity contribution in [2.24, 2.45) is 0 Å². The van der Waals surface area contributed by atoms with Crippen molar-refractivity contribution in [2.45, 2.75) is 43.8 Å². The molecule has 10 heteroatoms. The van der Waals surface area contributed by atoms with Gasteiger partial charge in [0.1, 0.15) is 12.4 Å². The quantitative estimate of drug-likeness (QED) is 0.404. The standard InChI is InChI=1S/C31H34ClN7O2/c1-3-27(40)39-17-16-38(18-22(39)10-14-33)29-23-11-15-37(26-9-5-7-21-6-4-8-24(32)28(21)26)19-25(23)35-30(36-29)41-20-31(34-2)12-13-31/h3-9,22,34H,1,10-13,15-20H2,2H3/t22-/m0/s1. The summed E-state index contributed by atoms with van der Waals surface area (Å²) in [6.07, 6.45) is 4.44. The molecule has 0 radical (unpaired) electrons. The number of carbonyl (C=O) groups is 1. The van der Waals surface area contributed by atoms with Crippen molar-refractivity contribution in [1.29, 1.82) is 5.26 Å². The summed E-state index contributed by atoms with van der Waals surface area (Å²) in [4.78, 5) is 28.6. The van der Waals surface area contributed by atoms with Crippen LogP contribution in [0.5, 0.6) is 6.01 Å². The normalized spacial score (nSPS) is 19.4. The van der Waals surface area contributed by atoms with Crippen LogP contribution in [-0.4, -0.2) is 72.2 Å². The summed E-state index contributed by atoms with van der Waals surface area (Å²) in [6, 6.07) is 14.6. The first-order chi connectivity index (χ1) is 19.9. The molecule has 1 saturated heterocycles. The number of fused-ring (bicyclic) bond motifs is 2. The number of halogens is 1. The first kappa shape index (κ1) is 27.3. The Balaban J connectivity index is 1.35. The lowest BCUT2D eigenvalue weighted by Crippen LogP contribution is -2.55. The van der Waals surface area contributed by atoms with Crippen LogP contribution in [0.2, 0.25) is 5.02 Å². The van der Waals surface area contributed by atoms with E-state index in [4.69, 9.17) is 26.3 Å². The van der Waals surface area contributed by atoms with Crippen molar-refractivity contribution in [3.05, 3.63) is 65.3 Å². The fraction of sp³-hybridized carbons (Fsp3) is 0.419. The molecular weight excluding hydrogens is 538 g/mol. The third-order valence-electron chi connectivity index (χ3n) is 8.62. The van der Waals surface area contributed by atoms with Gasteiger partial charge in [0, 0.05) is 42.8 Å². The maximum Gasteiger partial charge on any atom is 0.318 e. The highest BCUT2D eigenvalue weighted by Crippen LogP contribution is 2.38. The molecule has 2 aliphatic heterocycles. The fourth-order valence-electron chi connectivity index (χ4n) is 6.02. The Morgan fingerprint density at radius 3 is 2.76 bits per heavy atom. The Bertz CT molecular complexity index is 1530. The molecule has 2 fully saturated rings. The fourth-order valence-corrected chi connectivity index (χ4v) is 6.29. The third-order valence-corrected chi connectivity index (χ3v) is 8.94. The van der Waals surface area contributed by atoms with E-state index in [1.165, 1.54) is 6.08 Å². The molecule has 3 heterocycles. The minimum atomic E-state index is -0.244. The number of aromatic nitrogens is 2. The summed E-state index contributed by atoms with van der Waals surface area (Å²) in [7, 11) is 1.96. The molecule has 0 bridgehead atoms. The first-order valence-electron chi connectivity index (χ1n) is 14.1. The van der Waals surface area contributed by atoms with Gasteiger partial charge in [-0.25, -0.2) is 0 Å². The first-order valence-corrected chi connectivity index (χ1v) is 14.5. The molecule has 1 aliphatic carbocycles. The number of piperazine rings is 1. The highest BCUT2D eigenvalue weighted by Gasteiger charge is 2.42. The summed E-state index contributed by atoms with van der Waals surface area (Å²) >= 11 is 6.68. The minimum Gasteiger partial charge on any atom is -0.461 e. The van der Waals surface area contributed by atoms with Crippen LogP contribution < -0.4 is 19.9 Å². The van der Waals surface area contributed by atoms with Crippen LogP contribution in [0.3, 0.4) is 0 Å². The molecule has 0 unspecified atom stereocenters. The van der Waals surface area contributed by atoms with Gasteiger partial charge in [-0.3, -0.25) is 4.79 Å². The summed E-state index contributed by atoms with van der Waals surface area (Å²) in [6.45, 7) is 7.14. The SMILES string of the molecule is C=CC(=O)N1CCN(c2nc(OCC3(NC)CC3)nc3c2CCN(c2cccc4cccc(Cl)c24)C3)C[C@@H]1CC#N. The van der Waals surface area contributed by atoms with Gasteiger partial charge in [0.25, 0.3) is 0 Å². The van der Waals surface area contributed by atoms with Crippen molar-refractivity contribution in [2.75, 3.05) is 49.6 Å². The van der Waals surface area contributed by atoms with Crippen LogP contribution in [0, 0.1) is 11.3 Å². The lowest BCUT2D eigenvalue weighted by Gasteiger charge is -2.42. The molecule has 1 N–H and O–H groups in total. The molecule has 3 aromatic rings. The Hall–Kier alpha value is -3.87. The second-order valence-electron chi connectivity index (χ2n) is 11.1. The van der Waals surface area contributed by atoms with E-state index in [2.05, 4.69) is 52.0 Å². The van der Waals surface area contributed by atoms with E-state index in [0.717, 1.165) is 64.4 Å². The molecule has 1 amide bonds. The molecule has 212 valence electrons. The number of carbonyl (C=O) groups excluding carboxylic acids is 1. The Labute approximate surface area is 245 Å². The molecule has 41 heavy (non-hydrogen) atoms. The average molecular weight is 572 g/mol. The van der Waals surface area contributed by atoms with Gasteiger partial charge < -0.3 is 24.8 Å². The van der Waals surface area contributed by atoms with Crippen LogP contribution in [0.15, 0.2) is 49.1 Å². The molecule has 6 rings (SSSR count). The van der Waals surface area contributed by atoms with Crippen LogP contribution in [0.1, 0.15) is 30.5 Å². The number of nitriles is 1. The number of hydrogen-bond acceptors (Lipinski definition) is 8. The van der Waals surface area contributed by atoms with Gasteiger partial charge in [-0.1, -0.05) is 42.4 Å². The highest BCUT2D eigenvalue weighted by molar-refractivity contribution is 6.36. The van der Waals surface area contributed by atoms with Crippen LogP contribution in [-0.2, 0) is 17.8 Å². The predicted octanol–water partition coefficient (Wildman–Crippen LogP) is 4.09. The Morgan fingerprint density at radius 1 is 1.22 bits per heavy atom. The zero-order chi connectivity index (χ0) is 28.6. The van der Waals surface area contributed by atoms with E-state index in [9.17, 15) is 10.1 Å². The lowest BCUT2D eigenvalue weighted by molar-refractivity contribution is -0.128. The number of anilines is 2. The van der Waals surface area contributed by atoms with Gasteiger partial charge in [-0.15, -0.1) is 0 Å². The van der Waals surface area contributed by atoms with E-state index in [1.807, 2.05) is 19.2 Å². The number of amides is 1. The summed E-state index contributed by atoms with van der Waals surface area (Å²) in [5, 5.41) is 15.7. The van der Waals surface area contributed by atoms with Gasteiger partial charge in [-0.2, -0.15) is 15.2 Å². The molecule has 1 saturated carbocycles. The van der Waals surface area contributed by atoms with E-state index < -0.39 is 0 Å². The molecule has 3 aliphatic rings. The van der Waals surface area contributed by atoms with Crippen molar-refractivity contribution in [1.82, 2.24) is 20.2 Å². The lowest BCUT2D eigenvalue weighted by atomic mass is 10.0. The molecule has 1 atom stereocenters. The van der Waals surface area contributed by atoms with Crippen LogP contribution in [0.25, 0.3) is 10.8 Å². The van der Waals surface area contributed by atoms with Crippen molar-refractivity contribution >= 4 is 39.8 Å². The number of nitrogens with one attached hydrogen (secondary N) is 1. The van der Waals surface area contributed by atoms with Crippen LogP contribution in [0.4, 0.5) is 11.5 Å². The van der Waals surface area contributed by atoms with Gasteiger partial charge in [-0.05, 0) is 49.9 Å². The highest BCUT2D eigenvalue weighted by atomic mass is 35.5. The van der Waals surface area contributed by atoms with E-state index in [1.54, 1.807) is 4.90 Å². The molecular formula is C31H34ClN7O2. The summed E-state index contributed by atoms with van der Waals surface area (Å²) < 4.78 is 6.22. The van der Waals surface area contributed by atoms with Crippen LogP contribution >= 0.6 is 11.6 Å². The van der Waals surface area contributed by atoms with Crippen molar-refractivity contribution in [3.8, 4) is 12.1 Å². The maximum atomic E-state index is 12.5. The molecule has 1 aromatic heterocycles. The number of hydrogen-bond donors (Lipinski definition) is 1. The molecule has 2 aromatic carbocycles. The summed E-state index contributed by atoms with van der Waals surface area (Å²) in [5.41, 5.74) is 3.09.